The van der Waals surface area contributed by atoms with Crippen LogP contribution in [0.5, 0.6) is 5.75 Å². The number of ketones is 1. The summed E-state index contributed by atoms with van der Waals surface area (Å²) in [6.07, 6.45) is -5.95. The Morgan fingerprint density at radius 1 is 0.840 bits per heavy atom. The van der Waals surface area contributed by atoms with E-state index in [4.69, 9.17) is 21.4 Å². The maximum atomic E-state index is 15.3. The molecule has 0 fully saturated rings. The van der Waals surface area contributed by atoms with Crippen LogP contribution >= 0.6 is 11.6 Å². The lowest BCUT2D eigenvalue weighted by molar-refractivity contribution is -0.175. The molecule has 0 aromatic heterocycles. The van der Waals surface area contributed by atoms with Crippen molar-refractivity contribution in [3.05, 3.63) is 100 Å². The van der Waals surface area contributed by atoms with Gasteiger partial charge in [-0.25, -0.2) is 9.18 Å². The molecule has 3 atom stereocenters. The highest BCUT2D eigenvalue weighted by molar-refractivity contribution is 6.30. The van der Waals surface area contributed by atoms with Crippen LogP contribution in [0.2, 0.25) is 5.02 Å². The van der Waals surface area contributed by atoms with Gasteiger partial charge in [0, 0.05) is 17.0 Å². The largest absolute Gasteiger partial charge is 0.482 e. The summed E-state index contributed by atoms with van der Waals surface area (Å²) in [4.78, 5) is 63.2. The van der Waals surface area contributed by atoms with Crippen molar-refractivity contribution in [3.8, 4) is 5.75 Å². The van der Waals surface area contributed by atoms with Gasteiger partial charge in [0.2, 0.25) is 11.8 Å². The molecular formula is C33H30ClF6N3O7. The molecule has 0 aliphatic rings. The Kier molecular flexibility index (Phi) is 13.0. The quantitative estimate of drug-likeness (QED) is 0.163. The number of alkyl halides is 5. The maximum absolute atomic E-state index is 15.3. The van der Waals surface area contributed by atoms with Crippen LogP contribution in [-0.2, 0) is 36.3 Å². The third-order valence-electron chi connectivity index (χ3n) is 7.07. The van der Waals surface area contributed by atoms with Gasteiger partial charge >= 0.3 is 18.1 Å². The number of carbonyl (C=O) groups is 5. The van der Waals surface area contributed by atoms with Crippen LogP contribution in [0.1, 0.15) is 36.6 Å². The average molecular weight is 730 g/mol. The zero-order valence-electron chi connectivity index (χ0n) is 26.2. The number of hydrogen-bond acceptors (Lipinski definition) is 6. The van der Waals surface area contributed by atoms with Crippen molar-refractivity contribution in [3.63, 3.8) is 0 Å². The van der Waals surface area contributed by atoms with E-state index in [1.807, 2.05) is 10.6 Å². The van der Waals surface area contributed by atoms with Crippen molar-refractivity contribution in [2.45, 2.75) is 50.5 Å². The Morgan fingerprint density at radius 3 is 2.04 bits per heavy atom. The summed E-state index contributed by atoms with van der Waals surface area (Å²) in [6.45, 7) is 1.69. The fraction of sp³-hybridized carbons (Fsp3) is 0.303. The highest BCUT2D eigenvalue weighted by atomic mass is 35.5. The number of halogens is 7. The first-order valence-corrected chi connectivity index (χ1v) is 15.0. The summed E-state index contributed by atoms with van der Waals surface area (Å²) in [6, 6.07) is 7.41. The number of benzene rings is 3. The molecule has 17 heteroatoms. The van der Waals surface area contributed by atoms with E-state index in [1.54, 1.807) is 0 Å². The van der Waals surface area contributed by atoms with Crippen molar-refractivity contribution in [1.29, 1.82) is 0 Å². The van der Waals surface area contributed by atoms with E-state index in [2.05, 4.69) is 5.32 Å². The van der Waals surface area contributed by atoms with Gasteiger partial charge in [0.1, 0.15) is 23.7 Å². The lowest BCUT2D eigenvalue weighted by Crippen LogP contribution is -2.56. The first-order valence-electron chi connectivity index (χ1n) is 14.6. The lowest BCUT2D eigenvalue weighted by Gasteiger charge is -2.28. The third kappa shape index (κ3) is 10.7. The van der Waals surface area contributed by atoms with Gasteiger partial charge in [-0.2, -0.15) is 22.0 Å². The zero-order valence-corrected chi connectivity index (χ0v) is 27.0. The summed E-state index contributed by atoms with van der Waals surface area (Å²) in [5.41, 5.74) is -0.919. The predicted octanol–water partition coefficient (Wildman–Crippen LogP) is 4.89. The molecule has 0 bridgehead atoms. The van der Waals surface area contributed by atoms with E-state index in [9.17, 15) is 41.5 Å². The Labute approximate surface area is 286 Å². The summed E-state index contributed by atoms with van der Waals surface area (Å²) >= 11 is 5.80. The van der Waals surface area contributed by atoms with E-state index in [0.29, 0.717) is 0 Å². The number of nitrogens with one attached hydrogen (secondary N) is 3. The minimum atomic E-state index is -5.35. The van der Waals surface area contributed by atoms with Crippen molar-refractivity contribution < 1.29 is 60.2 Å². The Bertz CT molecular complexity index is 1720. The number of ether oxygens (including phenoxy) is 1. The molecule has 3 amide bonds. The number of carboxylic acids is 1. The number of aliphatic carboxylic acids is 1. The number of rotatable bonds is 15. The van der Waals surface area contributed by atoms with Crippen molar-refractivity contribution >= 4 is 41.1 Å². The van der Waals surface area contributed by atoms with Crippen LogP contribution < -0.4 is 20.7 Å². The molecule has 0 aliphatic heterocycles. The van der Waals surface area contributed by atoms with Crippen LogP contribution in [0.15, 0.2) is 72.8 Å². The number of Topliss-reactive ketones (excluding diaryl/α,β-unsaturated/α-hetero) is 1. The van der Waals surface area contributed by atoms with Crippen molar-refractivity contribution in [1.82, 2.24) is 16.0 Å². The highest BCUT2D eigenvalue weighted by Crippen LogP contribution is 2.30. The second kappa shape index (κ2) is 16.5. The van der Waals surface area contributed by atoms with Crippen LogP contribution in [0, 0.1) is 11.7 Å². The minimum Gasteiger partial charge on any atom is -0.482 e. The van der Waals surface area contributed by atoms with Crippen molar-refractivity contribution in [2.75, 3.05) is 6.61 Å². The summed E-state index contributed by atoms with van der Waals surface area (Å²) in [5, 5.41) is 14.8. The van der Waals surface area contributed by atoms with Gasteiger partial charge in [0.25, 0.3) is 11.7 Å². The first kappa shape index (κ1) is 39.3. The molecule has 0 aliphatic carbocycles. The number of carbonyl (C=O) groups excluding carboxylic acids is 4. The summed E-state index contributed by atoms with van der Waals surface area (Å²) in [7, 11) is 0. The van der Waals surface area contributed by atoms with E-state index in [0.717, 1.165) is 42.5 Å². The van der Waals surface area contributed by atoms with E-state index in [1.165, 1.54) is 44.2 Å². The maximum Gasteiger partial charge on any atom is 0.452 e. The van der Waals surface area contributed by atoms with Crippen molar-refractivity contribution in [2.24, 2.45) is 5.92 Å². The fourth-order valence-electron chi connectivity index (χ4n) is 4.57. The molecule has 0 spiro atoms. The SMILES string of the molecule is CC(C)[C@H](NC(=O)[C@@H](NC(=O)[C@H](Cc1cccc(F)c1)NC(=O)C(F)(F)c1cccc(Cl)c1)c1ccc(OCC(=O)O)cc1)C(=O)C(F)(F)F. The molecule has 4 N–H and O–H groups in total. The van der Waals surface area contributed by atoms with E-state index in [-0.39, 0.29) is 21.9 Å². The third-order valence-corrected chi connectivity index (χ3v) is 7.31. The normalized spacial score (nSPS) is 13.5. The molecule has 0 unspecified atom stereocenters. The molecule has 268 valence electrons. The molecule has 3 rings (SSSR count). The molecule has 3 aromatic rings. The van der Waals surface area contributed by atoms with Gasteiger partial charge < -0.3 is 25.8 Å². The molecule has 10 nitrogen and oxygen atoms in total. The second-order valence-electron chi connectivity index (χ2n) is 11.2. The van der Waals surface area contributed by atoms with Crippen LogP contribution in [0.4, 0.5) is 26.3 Å². The number of carboxylic acid groups (broad SMARTS) is 1. The standard InChI is InChI=1S/C33H30ClF6N3O7/c1-17(2)26(28(46)33(38,39)40)42-30(48)27(19-9-11-23(12-10-19)50-16-25(44)45)43-29(47)24(14-18-5-3-8-22(35)13-18)41-31(49)32(36,37)20-6-4-7-21(34)15-20/h3-13,15,17,24,26-27H,14,16H2,1-2H3,(H,41,49)(H,42,48)(H,43,47)(H,44,45)/t24-,26-,27-/m0/s1. The van der Waals surface area contributed by atoms with Gasteiger partial charge in [-0.1, -0.05) is 61.8 Å². The number of hydrogen-bond donors (Lipinski definition) is 4. The highest BCUT2D eigenvalue weighted by Gasteiger charge is 2.46. The van der Waals surface area contributed by atoms with Gasteiger partial charge in [0.05, 0.1) is 6.04 Å². The molecule has 0 saturated heterocycles. The smallest absolute Gasteiger partial charge is 0.452 e. The average Bonchev–Trinajstić information content (AvgIpc) is 3.04. The van der Waals surface area contributed by atoms with Gasteiger partial charge in [0.15, 0.2) is 6.61 Å². The lowest BCUT2D eigenvalue weighted by atomic mass is 9.97. The summed E-state index contributed by atoms with van der Waals surface area (Å²) in [5.74, 6) is -14.4. The fourth-order valence-corrected chi connectivity index (χ4v) is 4.76. The molecule has 0 radical (unpaired) electrons. The molecule has 50 heavy (non-hydrogen) atoms. The van der Waals surface area contributed by atoms with Crippen LogP contribution in [0.25, 0.3) is 0 Å². The summed E-state index contributed by atoms with van der Waals surface area (Å²) < 4.78 is 89.6. The van der Waals surface area contributed by atoms with E-state index >= 15 is 8.78 Å². The molecular weight excluding hydrogens is 700 g/mol. The van der Waals surface area contributed by atoms with Gasteiger partial charge in [-0.05, 0) is 53.4 Å². The molecule has 0 saturated carbocycles. The number of amides is 3. The topological polar surface area (TPSA) is 151 Å². The first-order chi connectivity index (χ1) is 23.3. The van der Waals surface area contributed by atoms with Crippen LogP contribution in [-0.4, -0.2) is 59.4 Å². The molecule has 0 heterocycles. The minimum absolute atomic E-state index is 0.0200. The zero-order chi connectivity index (χ0) is 37.4. The van der Waals surface area contributed by atoms with E-state index < -0.39 is 90.0 Å². The predicted molar refractivity (Wildman–Crippen MR) is 166 cm³/mol. The second-order valence-corrected chi connectivity index (χ2v) is 11.7. The van der Waals surface area contributed by atoms with Gasteiger partial charge in [-0.3, -0.25) is 19.2 Å². The Balaban J connectivity index is 2.02. The Morgan fingerprint density at radius 2 is 1.48 bits per heavy atom. The van der Waals surface area contributed by atoms with Crippen LogP contribution in [0.3, 0.4) is 0 Å². The Hall–Kier alpha value is -5.12. The monoisotopic (exact) mass is 729 g/mol. The van der Waals surface area contributed by atoms with Gasteiger partial charge in [-0.15, -0.1) is 0 Å². The molecule has 3 aromatic carbocycles.